The Morgan fingerprint density at radius 1 is 0.933 bits per heavy atom. The van der Waals surface area contributed by atoms with Gasteiger partial charge in [-0.1, -0.05) is 17.2 Å². The van der Waals surface area contributed by atoms with Crippen molar-refractivity contribution in [1.82, 2.24) is 0 Å². The molecule has 0 aromatic heterocycles. The van der Waals surface area contributed by atoms with Crippen LogP contribution in [0.2, 0.25) is 0 Å². The van der Waals surface area contributed by atoms with Gasteiger partial charge in [-0.25, -0.2) is 0 Å². The molecule has 1 N–H and O–H groups in total. The molecule has 2 aliphatic carbocycles. The van der Waals surface area contributed by atoms with Gasteiger partial charge in [-0.05, 0) is 63.4 Å². The first-order valence-electron chi connectivity index (χ1n) is 6.38. The molecule has 0 spiro atoms. The van der Waals surface area contributed by atoms with Crippen molar-refractivity contribution in [2.45, 2.75) is 57.8 Å². The highest BCUT2D eigenvalue weighted by Gasteiger charge is 2.14. The lowest BCUT2D eigenvalue weighted by Crippen LogP contribution is -2.05. The Bertz CT molecular complexity index is 273. The Morgan fingerprint density at radius 3 is 2.33 bits per heavy atom. The summed E-state index contributed by atoms with van der Waals surface area (Å²) in [6.45, 7) is 0.294. The van der Waals surface area contributed by atoms with Crippen molar-refractivity contribution in [2.75, 3.05) is 6.61 Å². The van der Waals surface area contributed by atoms with E-state index in [4.69, 9.17) is 0 Å². The summed E-state index contributed by atoms with van der Waals surface area (Å²) in [5.74, 6) is 0. The van der Waals surface area contributed by atoms with Crippen molar-refractivity contribution in [3.63, 3.8) is 0 Å². The van der Waals surface area contributed by atoms with Crippen molar-refractivity contribution in [2.24, 2.45) is 0 Å². The van der Waals surface area contributed by atoms with Crippen LogP contribution in [-0.2, 0) is 0 Å². The number of hydrogen-bond donors (Lipinski definition) is 1. The Kier molecular flexibility index (Phi) is 4.01. The SMILES string of the molecule is OCC1=C(CC2=CCCCC2)CCCC1. The van der Waals surface area contributed by atoms with Gasteiger partial charge in [-0.2, -0.15) is 0 Å². The van der Waals surface area contributed by atoms with Crippen LogP contribution in [0.3, 0.4) is 0 Å². The van der Waals surface area contributed by atoms with Crippen molar-refractivity contribution in [1.29, 1.82) is 0 Å². The molecule has 1 nitrogen and oxygen atoms in total. The molecule has 15 heavy (non-hydrogen) atoms. The van der Waals surface area contributed by atoms with Gasteiger partial charge >= 0.3 is 0 Å². The minimum atomic E-state index is 0.294. The quantitative estimate of drug-likeness (QED) is 0.697. The number of rotatable bonds is 3. The van der Waals surface area contributed by atoms with E-state index in [9.17, 15) is 5.11 Å². The fourth-order valence-electron chi connectivity index (χ4n) is 2.77. The smallest absolute Gasteiger partial charge is 0.0644 e. The largest absolute Gasteiger partial charge is 0.392 e. The van der Waals surface area contributed by atoms with Crippen LogP contribution in [0.25, 0.3) is 0 Å². The summed E-state index contributed by atoms with van der Waals surface area (Å²) in [4.78, 5) is 0. The molecule has 0 heterocycles. The number of aliphatic hydroxyl groups excluding tert-OH is 1. The molecule has 2 aliphatic rings. The fourth-order valence-corrected chi connectivity index (χ4v) is 2.77. The lowest BCUT2D eigenvalue weighted by atomic mass is 9.85. The van der Waals surface area contributed by atoms with Crippen LogP contribution in [0.15, 0.2) is 22.8 Å². The molecule has 0 fully saturated rings. The Balaban J connectivity index is 2.02. The van der Waals surface area contributed by atoms with Gasteiger partial charge in [0, 0.05) is 0 Å². The monoisotopic (exact) mass is 206 g/mol. The fraction of sp³-hybridized carbons (Fsp3) is 0.714. The molecule has 0 radical (unpaired) electrons. The molecular formula is C14H22O. The minimum absolute atomic E-state index is 0.294. The van der Waals surface area contributed by atoms with E-state index in [2.05, 4.69) is 6.08 Å². The second kappa shape index (κ2) is 5.50. The van der Waals surface area contributed by atoms with E-state index >= 15 is 0 Å². The number of aliphatic hydroxyl groups is 1. The zero-order chi connectivity index (χ0) is 10.5. The molecule has 2 rings (SSSR count). The first-order valence-corrected chi connectivity index (χ1v) is 6.38. The lowest BCUT2D eigenvalue weighted by Gasteiger charge is -2.21. The van der Waals surface area contributed by atoms with Crippen LogP contribution in [-0.4, -0.2) is 11.7 Å². The molecule has 0 atom stereocenters. The Labute approximate surface area is 92.9 Å². The molecule has 84 valence electrons. The number of hydrogen-bond acceptors (Lipinski definition) is 1. The van der Waals surface area contributed by atoms with Crippen molar-refractivity contribution in [3.8, 4) is 0 Å². The normalized spacial score (nSPS) is 22.9. The maximum absolute atomic E-state index is 9.31. The summed E-state index contributed by atoms with van der Waals surface area (Å²) in [6, 6.07) is 0. The second-order valence-electron chi connectivity index (χ2n) is 4.86. The van der Waals surface area contributed by atoms with E-state index < -0.39 is 0 Å². The standard InChI is InChI=1S/C14H22O/c15-11-14-9-5-4-8-13(14)10-12-6-2-1-3-7-12/h6,15H,1-5,7-11H2. The van der Waals surface area contributed by atoms with Crippen LogP contribution in [0.1, 0.15) is 57.8 Å². The summed E-state index contributed by atoms with van der Waals surface area (Å²) in [5, 5.41) is 9.31. The van der Waals surface area contributed by atoms with Crippen LogP contribution >= 0.6 is 0 Å². The van der Waals surface area contributed by atoms with E-state index in [1.54, 1.807) is 11.1 Å². The van der Waals surface area contributed by atoms with Crippen LogP contribution in [0.5, 0.6) is 0 Å². The highest BCUT2D eigenvalue weighted by Crippen LogP contribution is 2.31. The van der Waals surface area contributed by atoms with Gasteiger partial charge in [0.05, 0.1) is 6.61 Å². The molecule has 0 aromatic carbocycles. The molecular weight excluding hydrogens is 184 g/mol. The molecule has 0 amide bonds. The summed E-state index contributed by atoms with van der Waals surface area (Å²) < 4.78 is 0. The molecule has 0 aromatic rings. The first kappa shape index (κ1) is 10.9. The Hall–Kier alpha value is -0.560. The number of allylic oxidation sites excluding steroid dienone is 3. The molecule has 0 bridgehead atoms. The van der Waals surface area contributed by atoms with Crippen LogP contribution < -0.4 is 0 Å². The van der Waals surface area contributed by atoms with Gasteiger partial charge in [0.15, 0.2) is 0 Å². The zero-order valence-corrected chi connectivity index (χ0v) is 9.60. The predicted octanol–water partition coefficient (Wildman–Crippen LogP) is 3.74. The molecule has 0 saturated heterocycles. The zero-order valence-electron chi connectivity index (χ0n) is 9.60. The van der Waals surface area contributed by atoms with E-state index in [0.29, 0.717) is 6.61 Å². The van der Waals surface area contributed by atoms with Crippen LogP contribution in [0.4, 0.5) is 0 Å². The van der Waals surface area contributed by atoms with E-state index in [1.165, 1.54) is 50.5 Å². The first-order chi connectivity index (χ1) is 7.40. The van der Waals surface area contributed by atoms with Gasteiger partial charge in [0.25, 0.3) is 0 Å². The summed E-state index contributed by atoms with van der Waals surface area (Å²) in [6.07, 6.45) is 13.9. The van der Waals surface area contributed by atoms with Crippen LogP contribution in [0, 0.1) is 0 Å². The van der Waals surface area contributed by atoms with Gasteiger partial charge in [-0.3, -0.25) is 0 Å². The average molecular weight is 206 g/mol. The predicted molar refractivity (Wildman–Crippen MR) is 63.7 cm³/mol. The second-order valence-corrected chi connectivity index (χ2v) is 4.86. The van der Waals surface area contributed by atoms with Gasteiger partial charge < -0.3 is 5.11 Å². The third kappa shape index (κ3) is 2.94. The minimum Gasteiger partial charge on any atom is -0.392 e. The molecule has 1 heteroatoms. The highest BCUT2D eigenvalue weighted by atomic mass is 16.3. The van der Waals surface area contributed by atoms with E-state index in [0.717, 1.165) is 12.8 Å². The third-order valence-corrected chi connectivity index (χ3v) is 3.72. The van der Waals surface area contributed by atoms with Crippen molar-refractivity contribution >= 4 is 0 Å². The molecule has 0 unspecified atom stereocenters. The van der Waals surface area contributed by atoms with Crippen molar-refractivity contribution in [3.05, 3.63) is 22.8 Å². The summed E-state index contributed by atoms with van der Waals surface area (Å²) in [5.41, 5.74) is 4.52. The van der Waals surface area contributed by atoms with Gasteiger partial charge in [0.1, 0.15) is 0 Å². The van der Waals surface area contributed by atoms with E-state index in [-0.39, 0.29) is 0 Å². The van der Waals surface area contributed by atoms with E-state index in [1.807, 2.05) is 0 Å². The third-order valence-electron chi connectivity index (χ3n) is 3.72. The Morgan fingerprint density at radius 2 is 1.67 bits per heavy atom. The summed E-state index contributed by atoms with van der Waals surface area (Å²) >= 11 is 0. The van der Waals surface area contributed by atoms with Gasteiger partial charge in [-0.15, -0.1) is 0 Å². The van der Waals surface area contributed by atoms with Gasteiger partial charge in [0.2, 0.25) is 0 Å². The van der Waals surface area contributed by atoms with Crippen molar-refractivity contribution < 1.29 is 5.11 Å². The maximum Gasteiger partial charge on any atom is 0.0644 e. The topological polar surface area (TPSA) is 20.2 Å². The average Bonchev–Trinajstić information content (AvgIpc) is 2.31. The molecule has 0 saturated carbocycles. The maximum atomic E-state index is 9.31. The summed E-state index contributed by atoms with van der Waals surface area (Å²) in [7, 11) is 0. The molecule has 0 aliphatic heterocycles. The highest BCUT2D eigenvalue weighted by molar-refractivity contribution is 5.24. The lowest BCUT2D eigenvalue weighted by molar-refractivity contribution is 0.320.